The first-order chi connectivity index (χ1) is 9.13. The predicted molar refractivity (Wildman–Crippen MR) is 67.9 cm³/mol. The molecule has 19 heavy (non-hydrogen) atoms. The number of rotatable bonds is 5. The second kappa shape index (κ2) is 4.51. The number of aliphatic hydroxyl groups excluding tert-OH is 1. The van der Waals surface area contributed by atoms with Crippen LogP contribution >= 0.6 is 0 Å². The van der Waals surface area contributed by atoms with Gasteiger partial charge < -0.3 is 14.8 Å². The zero-order valence-corrected chi connectivity index (χ0v) is 10.1. The molecule has 2 aromatic rings. The van der Waals surface area contributed by atoms with Crippen LogP contribution in [0.5, 0.6) is 0 Å². The fourth-order valence-corrected chi connectivity index (χ4v) is 1.94. The number of benzene rings is 1. The molecule has 0 amide bonds. The first-order valence-electron chi connectivity index (χ1n) is 6.10. The highest BCUT2D eigenvalue weighted by Crippen LogP contribution is 2.32. The van der Waals surface area contributed by atoms with Gasteiger partial charge in [-0.1, -0.05) is 0 Å². The molecule has 1 unspecified atom stereocenters. The number of hydrogen-bond donors (Lipinski definition) is 2. The maximum atomic E-state index is 10.6. The lowest BCUT2D eigenvalue weighted by Crippen LogP contribution is -2.21. The first kappa shape index (κ1) is 11.9. The van der Waals surface area contributed by atoms with Crippen LogP contribution in [0.25, 0.3) is 11.1 Å². The smallest absolute Gasteiger partial charge is 0.295 e. The standard InChI is InChI=1S/C12H13N3O4/c16-10(7-1-2-7)6-13-12-14-9-4-3-8(15(17)18)5-11(9)19-12/h3-5,7,10,16H,1-2,6H2,(H,13,14). The van der Waals surface area contributed by atoms with Crippen LogP contribution in [0, 0.1) is 16.0 Å². The monoisotopic (exact) mass is 263 g/mol. The van der Waals surface area contributed by atoms with Gasteiger partial charge in [0.05, 0.1) is 17.1 Å². The Morgan fingerprint density at radius 3 is 3.05 bits per heavy atom. The van der Waals surface area contributed by atoms with Crippen molar-refractivity contribution in [1.29, 1.82) is 0 Å². The fourth-order valence-electron chi connectivity index (χ4n) is 1.94. The molecule has 7 heteroatoms. The third-order valence-electron chi connectivity index (χ3n) is 3.21. The second-order valence-corrected chi connectivity index (χ2v) is 4.71. The van der Waals surface area contributed by atoms with E-state index in [9.17, 15) is 15.2 Å². The molecule has 0 bridgehead atoms. The molecule has 1 aromatic heterocycles. The van der Waals surface area contributed by atoms with Gasteiger partial charge >= 0.3 is 0 Å². The molecule has 0 radical (unpaired) electrons. The Kier molecular flexibility index (Phi) is 2.83. The molecular weight excluding hydrogens is 250 g/mol. The van der Waals surface area contributed by atoms with Gasteiger partial charge in [-0.2, -0.15) is 4.98 Å². The van der Waals surface area contributed by atoms with E-state index in [1.165, 1.54) is 12.1 Å². The van der Waals surface area contributed by atoms with Gasteiger partial charge in [0.15, 0.2) is 5.58 Å². The normalized spacial score (nSPS) is 16.5. The number of nitrogens with zero attached hydrogens (tertiary/aromatic N) is 2. The number of nitro groups is 1. The number of oxazole rings is 1. The Balaban J connectivity index is 1.75. The Morgan fingerprint density at radius 2 is 2.37 bits per heavy atom. The van der Waals surface area contributed by atoms with Gasteiger partial charge in [0, 0.05) is 12.6 Å². The number of nitrogens with one attached hydrogen (secondary N) is 1. The molecule has 1 heterocycles. The SMILES string of the molecule is O=[N+]([O-])c1ccc2nc(NCC(O)C3CC3)oc2c1. The molecule has 1 fully saturated rings. The lowest BCUT2D eigenvalue weighted by atomic mass is 10.2. The van der Waals surface area contributed by atoms with Crippen molar-refractivity contribution in [3.8, 4) is 0 Å². The van der Waals surface area contributed by atoms with E-state index >= 15 is 0 Å². The molecule has 0 spiro atoms. The summed E-state index contributed by atoms with van der Waals surface area (Å²) in [4.78, 5) is 14.3. The molecule has 7 nitrogen and oxygen atoms in total. The van der Waals surface area contributed by atoms with E-state index < -0.39 is 11.0 Å². The summed E-state index contributed by atoms with van der Waals surface area (Å²) in [6.45, 7) is 0.375. The Bertz CT molecular complexity index is 620. The summed E-state index contributed by atoms with van der Waals surface area (Å²) in [7, 11) is 0. The maximum absolute atomic E-state index is 10.6. The van der Waals surface area contributed by atoms with Crippen LogP contribution in [0.1, 0.15) is 12.8 Å². The number of aliphatic hydroxyl groups is 1. The highest BCUT2D eigenvalue weighted by molar-refractivity contribution is 5.77. The summed E-state index contributed by atoms with van der Waals surface area (Å²) in [6, 6.07) is 4.54. The van der Waals surface area contributed by atoms with Crippen LogP contribution in [-0.2, 0) is 0 Å². The van der Waals surface area contributed by atoms with Gasteiger partial charge in [-0.3, -0.25) is 10.1 Å². The molecule has 0 aliphatic heterocycles. The van der Waals surface area contributed by atoms with Gasteiger partial charge in [0.2, 0.25) is 0 Å². The summed E-state index contributed by atoms with van der Waals surface area (Å²) >= 11 is 0. The van der Waals surface area contributed by atoms with E-state index in [0.29, 0.717) is 23.6 Å². The number of non-ortho nitro benzene ring substituents is 1. The van der Waals surface area contributed by atoms with E-state index in [0.717, 1.165) is 12.8 Å². The first-order valence-corrected chi connectivity index (χ1v) is 6.10. The lowest BCUT2D eigenvalue weighted by Gasteiger charge is -2.08. The van der Waals surface area contributed by atoms with E-state index in [2.05, 4.69) is 10.3 Å². The number of nitro benzene ring substituents is 1. The lowest BCUT2D eigenvalue weighted by molar-refractivity contribution is -0.384. The van der Waals surface area contributed by atoms with Gasteiger partial charge in [-0.25, -0.2) is 0 Å². The van der Waals surface area contributed by atoms with Crippen molar-refractivity contribution >= 4 is 22.8 Å². The summed E-state index contributed by atoms with van der Waals surface area (Å²) in [5.74, 6) is 0.373. The molecule has 1 aliphatic carbocycles. The third kappa shape index (κ3) is 2.50. The highest BCUT2D eigenvalue weighted by Gasteiger charge is 2.29. The van der Waals surface area contributed by atoms with E-state index in [-0.39, 0.29) is 11.7 Å². The van der Waals surface area contributed by atoms with Gasteiger partial charge in [-0.05, 0) is 24.8 Å². The van der Waals surface area contributed by atoms with E-state index in [1.54, 1.807) is 6.07 Å². The minimum atomic E-state index is -0.480. The molecule has 0 saturated heterocycles. The summed E-state index contributed by atoms with van der Waals surface area (Å²) in [6.07, 6.45) is 1.72. The predicted octanol–water partition coefficient (Wildman–Crippen LogP) is 1.92. The number of anilines is 1. The maximum Gasteiger partial charge on any atom is 0.295 e. The fraction of sp³-hybridized carbons (Fsp3) is 0.417. The third-order valence-corrected chi connectivity index (χ3v) is 3.21. The van der Waals surface area contributed by atoms with Crippen LogP contribution in [0.3, 0.4) is 0 Å². The van der Waals surface area contributed by atoms with Crippen LogP contribution in [0.15, 0.2) is 22.6 Å². The molecule has 100 valence electrons. The Morgan fingerprint density at radius 1 is 1.58 bits per heavy atom. The topological polar surface area (TPSA) is 101 Å². The van der Waals surface area contributed by atoms with Crippen LogP contribution < -0.4 is 5.32 Å². The van der Waals surface area contributed by atoms with E-state index in [1.807, 2.05) is 0 Å². The molecule has 1 aromatic carbocycles. The molecule has 1 atom stereocenters. The minimum Gasteiger partial charge on any atom is -0.423 e. The molecule has 2 N–H and O–H groups in total. The summed E-state index contributed by atoms with van der Waals surface area (Å²) < 4.78 is 5.37. The number of aromatic nitrogens is 1. The molecular formula is C12H13N3O4. The molecule has 1 saturated carbocycles. The van der Waals surface area contributed by atoms with Gasteiger partial charge in [0.1, 0.15) is 5.52 Å². The zero-order valence-electron chi connectivity index (χ0n) is 10.1. The largest absolute Gasteiger partial charge is 0.423 e. The number of hydrogen-bond acceptors (Lipinski definition) is 6. The van der Waals surface area contributed by atoms with E-state index in [4.69, 9.17) is 4.42 Å². The van der Waals surface area contributed by atoms with Crippen LogP contribution in [0.2, 0.25) is 0 Å². The van der Waals surface area contributed by atoms with Crippen LogP contribution in [0.4, 0.5) is 11.7 Å². The van der Waals surface area contributed by atoms with Gasteiger partial charge in [0.25, 0.3) is 11.7 Å². The van der Waals surface area contributed by atoms with Crippen molar-refractivity contribution in [2.24, 2.45) is 5.92 Å². The van der Waals surface area contributed by atoms with Crippen molar-refractivity contribution in [3.05, 3.63) is 28.3 Å². The average Bonchev–Trinajstić information content (AvgIpc) is 3.15. The summed E-state index contributed by atoms with van der Waals surface area (Å²) in [5.41, 5.74) is 0.875. The van der Waals surface area contributed by atoms with Crippen molar-refractivity contribution in [2.45, 2.75) is 18.9 Å². The second-order valence-electron chi connectivity index (χ2n) is 4.71. The summed E-state index contributed by atoms with van der Waals surface area (Å²) in [5, 5.41) is 23.3. The highest BCUT2D eigenvalue weighted by atomic mass is 16.6. The Labute approximate surface area is 108 Å². The van der Waals surface area contributed by atoms with Crippen molar-refractivity contribution in [2.75, 3.05) is 11.9 Å². The van der Waals surface area contributed by atoms with Crippen LogP contribution in [-0.4, -0.2) is 27.7 Å². The zero-order chi connectivity index (χ0) is 13.4. The van der Waals surface area contributed by atoms with Crippen molar-refractivity contribution < 1.29 is 14.4 Å². The van der Waals surface area contributed by atoms with Gasteiger partial charge in [-0.15, -0.1) is 0 Å². The number of fused-ring (bicyclic) bond motifs is 1. The Hall–Kier alpha value is -2.15. The van der Waals surface area contributed by atoms with Crippen molar-refractivity contribution in [3.63, 3.8) is 0 Å². The van der Waals surface area contributed by atoms with Crippen molar-refractivity contribution in [1.82, 2.24) is 4.98 Å². The molecule has 1 aliphatic rings. The average molecular weight is 263 g/mol. The minimum absolute atomic E-state index is 0.0341. The molecule has 3 rings (SSSR count). The quantitative estimate of drug-likeness (QED) is 0.631.